The summed E-state index contributed by atoms with van der Waals surface area (Å²) in [4.78, 5) is 25.3. The maximum atomic E-state index is 12.8. The van der Waals surface area contributed by atoms with Gasteiger partial charge in [0.05, 0.1) is 34.4 Å². The van der Waals surface area contributed by atoms with Crippen LogP contribution in [-0.2, 0) is 27.9 Å². The number of allylic oxidation sites excluding steroid dienone is 24. The fourth-order valence-electron chi connectivity index (χ4n) is 7.08. The molecule has 0 saturated carbocycles. The van der Waals surface area contributed by atoms with Crippen LogP contribution in [0.15, 0.2) is 146 Å². The Morgan fingerprint density at radius 2 is 0.753 bits per heavy atom. The summed E-state index contributed by atoms with van der Waals surface area (Å²) < 4.78 is 34.8. The number of unbranched alkanes of at least 4 members (excludes halogenated alkanes) is 13. The van der Waals surface area contributed by atoms with Crippen LogP contribution in [0.25, 0.3) is 0 Å². The zero-order valence-electron chi connectivity index (χ0n) is 47.0. The third-order valence-corrected chi connectivity index (χ3v) is 12.4. The van der Waals surface area contributed by atoms with E-state index in [4.69, 9.17) is 18.5 Å². The molecule has 414 valence electrons. The van der Waals surface area contributed by atoms with Crippen LogP contribution in [0.1, 0.15) is 194 Å². The molecule has 0 aliphatic heterocycles. The van der Waals surface area contributed by atoms with Crippen molar-refractivity contribution in [1.29, 1.82) is 0 Å². The Morgan fingerprint density at radius 3 is 1.12 bits per heavy atom. The fourth-order valence-corrected chi connectivity index (χ4v) is 7.81. The van der Waals surface area contributed by atoms with Gasteiger partial charge in [-0.2, -0.15) is 0 Å². The predicted octanol–water partition coefficient (Wildman–Crippen LogP) is 17.8. The maximum absolute atomic E-state index is 12.8. The van der Waals surface area contributed by atoms with Crippen molar-refractivity contribution in [2.24, 2.45) is 0 Å². The molecule has 0 heterocycles. The van der Waals surface area contributed by atoms with Crippen molar-refractivity contribution in [2.45, 2.75) is 200 Å². The minimum atomic E-state index is -4.56. The second-order valence-electron chi connectivity index (χ2n) is 19.5. The van der Waals surface area contributed by atoms with Gasteiger partial charge >= 0.3 is 5.97 Å². The van der Waals surface area contributed by atoms with E-state index in [0.29, 0.717) is 17.6 Å². The van der Waals surface area contributed by atoms with Crippen LogP contribution in [0.4, 0.5) is 0 Å². The first-order valence-electron chi connectivity index (χ1n) is 28.6. The number of carbonyl (C=O) groups is 1. The average Bonchev–Trinajstić information content (AvgIpc) is 3.35. The first-order valence-corrected chi connectivity index (χ1v) is 30.0. The van der Waals surface area contributed by atoms with E-state index in [1.807, 2.05) is 21.1 Å². The number of hydrogen-bond acceptors (Lipinski definition) is 7. The van der Waals surface area contributed by atoms with Crippen molar-refractivity contribution >= 4 is 13.8 Å². The summed E-state index contributed by atoms with van der Waals surface area (Å²) in [7, 11) is 1.31. The van der Waals surface area contributed by atoms with Crippen LogP contribution in [0.2, 0.25) is 0 Å². The molecule has 0 bridgehead atoms. The van der Waals surface area contributed by atoms with Gasteiger partial charge in [0.2, 0.25) is 0 Å². The number of esters is 1. The lowest BCUT2D eigenvalue weighted by molar-refractivity contribution is -0.870. The molecule has 0 aromatic heterocycles. The van der Waals surface area contributed by atoms with Crippen LogP contribution in [0, 0.1) is 0 Å². The SMILES string of the molecule is CC/C=C\C/C=C\C/C=C\C/C=C\C/C=C\C/C=C\CCCCCCCCCOCC(COP(=O)([O-])OCC[N+](C)(C)C)OC(=O)CCCCCCCC/C=C\C/C=C\C/C=C\C/C=C\C/C=C\C/C=C\CC. The highest BCUT2D eigenvalue weighted by molar-refractivity contribution is 7.45. The molecule has 0 aliphatic carbocycles. The summed E-state index contributed by atoms with van der Waals surface area (Å²) in [6.45, 7) is 5.10. The molecule has 0 aliphatic rings. The highest BCUT2D eigenvalue weighted by Crippen LogP contribution is 2.38. The molecule has 0 fully saturated rings. The van der Waals surface area contributed by atoms with Crippen LogP contribution in [-0.4, -0.2) is 70.7 Å². The van der Waals surface area contributed by atoms with Crippen LogP contribution >= 0.6 is 7.82 Å². The highest BCUT2D eigenvalue weighted by atomic mass is 31.2. The summed E-state index contributed by atoms with van der Waals surface area (Å²) in [6, 6.07) is 0. The predicted molar refractivity (Wildman–Crippen MR) is 313 cm³/mol. The van der Waals surface area contributed by atoms with Gasteiger partial charge in [0, 0.05) is 13.0 Å². The van der Waals surface area contributed by atoms with Crippen molar-refractivity contribution in [3.8, 4) is 0 Å². The number of carbonyl (C=O) groups excluding carboxylic acids is 1. The van der Waals surface area contributed by atoms with Gasteiger partial charge in [-0.1, -0.05) is 217 Å². The number of ether oxygens (including phenoxy) is 2. The lowest BCUT2D eigenvalue weighted by Gasteiger charge is -2.28. The Morgan fingerprint density at radius 1 is 0.425 bits per heavy atom. The molecule has 2 atom stereocenters. The Balaban J connectivity index is 4.21. The topological polar surface area (TPSA) is 94.1 Å². The normalized spacial score (nSPS) is 14.5. The number of quaternary nitrogens is 1. The number of phosphoric acid groups is 1. The fraction of sp³-hybridized carbons (Fsp3) is 0.609. The average molecular weight is 1030 g/mol. The van der Waals surface area contributed by atoms with Gasteiger partial charge in [-0.25, -0.2) is 0 Å². The van der Waals surface area contributed by atoms with E-state index in [9.17, 15) is 14.3 Å². The van der Waals surface area contributed by atoms with E-state index >= 15 is 0 Å². The third-order valence-electron chi connectivity index (χ3n) is 11.4. The Bertz CT molecular complexity index is 1670. The second-order valence-corrected chi connectivity index (χ2v) is 20.9. The molecule has 0 radical (unpaired) electrons. The van der Waals surface area contributed by atoms with Crippen LogP contribution in [0.3, 0.4) is 0 Å². The van der Waals surface area contributed by atoms with Crippen LogP contribution in [0.5, 0.6) is 0 Å². The zero-order valence-corrected chi connectivity index (χ0v) is 47.9. The molecular formula is C64H106NO7P. The minimum absolute atomic E-state index is 0.0111. The first kappa shape index (κ1) is 69.4. The molecular weight excluding hydrogens is 926 g/mol. The standard InChI is InChI=1S/C64H106NO7P/c1-6-8-10-12-14-16-18-20-22-24-26-28-30-32-34-36-38-40-42-44-46-48-50-52-54-56-59-69-61-63(62-71-73(67,68)70-60-58-65(3,4)5)72-64(66)57-55-53-51-49-47-45-43-41-39-37-35-33-31-29-27-25-23-21-19-17-15-13-11-9-7-2/h8-11,14-17,20-23,26-29,32-35,38-41,63H,6-7,12-13,18-19,24-25,30-31,36-37,42-62H2,1-5H3/b10-8-,11-9-,16-14-,17-15-,22-20-,23-21-,28-26-,29-27-,34-32-,35-33-,40-38-,41-39-. The van der Waals surface area contributed by atoms with Crippen LogP contribution < -0.4 is 4.89 Å². The minimum Gasteiger partial charge on any atom is -0.756 e. The Labute approximate surface area is 448 Å². The number of phosphoric ester groups is 1. The summed E-state index contributed by atoms with van der Waals surface area (Å²) in [6.07, 6.45) is 81.7. The lowest BCUT2D eigenvalue weighted by Crippen LogP contribution is -2.37. The lowest BCUT2D eigenvalue weighted by atomic mass is 10.1. The van der Waals surface area contributed by atoms with Gasteiger partial charge in [0.1, 0.15) is 19.3 Å². The molecule has 0 N–H and O–H groups in total. The van der Waals surface area contributed by atoms with E-state index in [2.05, 4.69) is 160 Å². The third kappa shape index (κ3) is 59.1. The van der Waals surface area contributed by atoms with Gasteiger partial charge in [0.25, 0.3) is 7.82 Å². The molecule has 0 aromatic rings. The summed E-state index contributed by atoms with van der Waals surface area (Å²) in [5, 5.41) is 0. The highest BCUT2D eigenvalue weighted by Gasteiger charge is 2.20. The number of likely N-dealkylation sites (N-methyl/N-ethyl adjacent to an activating group) is 1. The van der Waals surface area contributed by atoms with Crippen molar-refractivity contribution < 1.29 is 37.3 Å². The van der Waals surface area contributed by atoms with Crippen molar-refractivity contribution in [2.75, 3.05) is 54.1 Å². The Hall–Kier alpha value is -3.62. The molecule has 9 heteroatoms. The van der Waals surface area contributed by atoms with Crippen molar-refractivity contribution in [1.82, 2.24) is 0 Å². The summed E-state index contributed by atoms with van der Waals surface area (Å²) in [5.74, 6) is -0.359. The number of nitrogens with zero attached hydrogens (tertiary/aromatic N) is 1. The van der Waals surface area contributed by atoms with Gasteiger partial charge < -0.3 is 27.9 Å². The number of hydrogen-bond donors (Lipinski definition) is 0. The largest absolute Gasteiger partial charge is 0.756 e. The van der Waals surface area contributed by atoms with Gasteiger partial charge in [-0.3, -0.25) is 9.36 Å². The van der Waals surface area contributed by atoms with Gasteiger partial charge in [-0.15, -0.1) is 0 Å². The Kier molecular flexibility index (Phi) is 51.9. The van der Waals surface area contributed by atoms with Crippen molar-refractivity contribution in [3.63, 3.8) is 0 Å². The molecule has 0 saturated heterocycles. The van der Waals surface area contributed by atoms with E-state index in [-0.39, 0.29) is 32.2 Å². The van der Waals surface area contributed by atoms with Gasteiger partial charge in [0.15, 0.2) is 0 Å². The van der Waals surface area contributed by atoms with Crippen molar-refractivity contribution in [3.05, 3.63) is 146 Å². The van der Waals surface area contributed by atoms with E-state index in [0.717, 1.165) is 135 Å². The smallest absolute Gasteiger partial charge is 0.306 e. The number of rotatable bonds is 51. The molecule has 0 amide bonds. The van der Waals surface area contributed by atoms with Gasteiger partial charge in [-0.05, 0) is 116 Å². The molecule has 8 nitrogen and oxygen atoms in total. The summed E-state index contributed by atoms with van der Waals surface area (Å²) in [5.41, 5.74) is 0. The molecule has 0 spiro atoms. The molecule has 0 rings (SSSR count). The summed E-state index contributed by atoms with van der Waals surface area (Å²) >= 11 is 0. The molecule has 0 aromatic carbocycles. The first-order chi connectivity index (χ1) is 35.6. The van der Waals surface area contributed by atoms with E-state index in [1.54, 1.807) is 0 Å². The van der Waals surface area contributed by atoms with E-state index < -0.39 is 13.9 Å². The van der Waals surface area contributed by atoms with E-state index in [1.165, 1.54) is 38.5 Å². The monoisotopic (exact) mass is 1030 g/mol. The maximum Gasteiger partial charge on any atom is 0.306 e. The zero-order chi connectivity index (χ0) is 53.3. The quantitative estimate of drug-likeness (QED) is 0.0197. The molecule has 73 heavy (non-hydrogen) atoms. The second kappa shape index (κ2) is 54.6. The molecule has 2 unspecified atom stereocenters.